The highest BCUT2D eigenvalue weighted by molar-refractivity contribution is 7.90. The van der Waals surface area contributed by atoms with Gasteiger partial charge in [-0.2, -0.15) is 4.72 Å². The Labute approximate surface area is 173 Å². The first-order valence-electron chi connectivity index (χ1n) is 8.59. The topological polar surface area (TPSA) is 122 Å². The van der Waals surface area contributed by atoms with E-state index in [1.807, 2.05) is 19.1 Å². The first kappa shape index (κ1) is 19.5. The molecule has 0 radical (unpaired) electrons. The Hall–Kier alpha value is -1.85. The maximum Gasteiger partial charge on any atom is 0.269 e. The molecule has 4 N–H and O–H groups in total. The summed E-state index contributed by atoms with van der Waals surface area (Å²) in [7, 11) is 0. The molecule has 3 atom stereocenters. The number of carbonyl (C=O) groups is 1. The minimum atomic E-state index is -1.59. The highest BCUT2D eigenvalue weighted by Crippen LogP contribution is 2.46. The molecule has 0 saturated carbocycles. The number of carbonyl (C=O) groups excluding carboxylic acids is 1. The van der Waals surface area contributed by atoms with Crippen molar-refractivity contribution >= 4 is 52.0 Å². The lowest BCUT2D eigenvalue weighted by Crippen LogP contribution is -2.68. The van der Waals surface area contributed by atoms with Crippen LogP contribution in [0.2, 0.25) is 5.02 Å². The van der Waals surface area contributed by atoms with Crippen molar-refractivity contribution in [1.29, 1.82) is 5.41 Å². The van der Waals surface area contributed by atoms with Gasteiger partial charge in [0.15, 0.2) is 5.54 Å². The number of guanidine groups is 1. The van der Waals surface area contributed by atoms with Crippen LogP contribution in [0.5, 0.6) is 0 Å². The number of hydrogen-bond donors (Lipinski definition) is 4. The van der Waals surface area contributed by atoms with E-state index in [0.717, 1.165) is 12.1 Å². The maximum absolute atomic E-state index is 12.7. The van der Waals surface area contributed by atoms with Crippen molar-refractivity contribution in [2.75, 3.05) is 11.9 Å². The predicted molar refractivity (Wildman–Crippen MR) is 109 cm³/mol. The molecular formula is C17H18ClN5O3S2. The minimum absolute atomic E-state index is 0.0560. The largest absolute Gasteiger partial charge is 0.591 e. The summed E-state index contributed by atoms with van der Waals surface area (Å²) in [5.74, 6) is 0.0709. The van der Waals surface area contributed by atoms with E-state index in [4.69, 9.17) is 21.7 Å². The molecule has 0 spiro atoms. The van der Waals surface area contributed by atoms with Gasteiger partial charge in [-0.25, -0.2) is 4.98 Å². The van der Waals surface area contributed by atoms with Crippen LogP contribution in [-0.2, 0) is 21.6 Å². The zero-order chi connectivity index (χ0) is 19.9. The van der Waals surface area contributed by atoms with Crippen molar-refractivity contribution in [3.05, 3.63) is 44.7 Å². The van der Waals surface area contributed by atoms with E-state index in [0.29, 0.717) is 33.6 Å². The van der Waals surface area contributed by atoms with Crippen LogP contribution >= 0.6 is 22.9 Å². The standard InChI is InChI=1S/C17H18ClN5O3S2/c1-9-4-2-5-12(20-9)21-14(24)11-8-10(18)13(27-11)17-6-3-7-26-15(17)28(25)23-16(19)22-17/h2,4-5,8,15H,3,6-7H2,1H3,(H3,19,22,23)(H,20,21,24). The van der Waals surface area contributed by atoms with Crippen molar-refractivity contribution in [1.82, 2.24) is 15.0 Å². The molecule has 3 unspecified atom stereocenters. The number of fused-ring (bicyclic) bond motifs is 1. The van der Waals surface area contributed by atoms with E-state index >= 15 is 0 Å². The Morgan fingerprint density at radius 3 is 3.18 bits per heavy atom. The van der Waals surface area contributed by atoms with Crippen molar-refractivity contribution < 1.29 is 14.1 Å². The average Bonchev–Trinajstić information content (AvgIpc) is 3.04. The summed E-state index contributed by atoms with van der Waals surface area (Å²) in [6, 6.07) is 6.95. The molecular weight excluding hydrogens is 422 g/mol. The van der Waals surface area contributed by atoms with Crippen molar-refractivity contribution in [2.24, 2.45) is 0 Å². The number of aromatic nitrogens is 1. The highest BCUT2D eigenvalue weighted by Gasteiger charge is 2.57. The first-order valence-corrected chi connectivity index (χ1v) is 11.0. The predicted octanol–water partition coefficient (Wildman–Crippen LogP) is 2.48. The van der Waals surface area contributed by atoms with Crippen molar-refractivity contribution in [3.63, 3.8) is 0 Å². The molecule has 2 aromatic rings. The fourth-order valence-electron chi connectivity index (χ4n) is 3.42. The number of halogens is 1. The number of amides is 1. The summed E-state index contributed by atoms with van der Waals surface area (Å²) in [5.41, 5.74) is -0.822. The van der Waals surface area contributed by atoms with Gasteiger partial charge < -0.3 is 19.9 Å². The number of thiophene rings is 1. The number of nitrogens with zero attached hydrogens (tertiary/aromatic N) is 1. The van der Waals surface area contributed by atoms with Gasteiger partial charge >= 0.3 is 0 Å². The zero-order valence-electron chi connectivity index (χ0n) is 14.9. The molecule has 2 aromatic heterocycles. The molecule has 4 heterocycles. The number of ether oxygens (including phenoxy) is 1. The van der Waals surface area contributed by atoms with Crippen LogP contribution in [0.1, 0.15) is 33.1 Å². The second kappa shape index (κ2) is 7.53. The van der Waals surface area contributed by atoms with Crippen LogP contribution < -0.4 is 15.4 Å². The molecule has 4 rings (SSSR count). The lowest BCUT2D eigenvalue weighted by molar-refractivity contribution is -0.00521. The summed E-state index contributed by atoms with van der Waals surface area (Å²) >= 11 is 6.10. The van der Waals surface area contributed by atoms with Crippen molar-refractivity contribution in [2.45, 2.75) is 30.7 Å². The number of nitrogens with one attached hydrogen (secondary N) is 4. The van der Waals surface area contributed by atoms with E-state index < -0.39 is 22.3 Å². The quantitative estimate of drug-likeness (QED) is 0.545. The molecule has 148 valence electrons. The Balaban J connectivity index is 1.66. The third-order valence-corrected chi connectivity index (χ3v) is 7.63. The highest BCUT2D eigenvalue weighted by atomic mass is 35.5. The van der Waals surface area contributed by atoms with Crippen LogP contribution in [0.15, 0.2) is 24.3 Å². The number of aryl methyl sites for hydroxylation is 1. The van der Waals surface area contributed by atoms with Crippen LogP contribution in [0.25, 0.3) is 0 Å². The summed E-state index contributed by atoms with van der Waals surface area (Å²) < 4.78 is 20.8. The van der Waals surface area contributed by atoms with E-state index in [1.54, 1.807) is 12.1 Å². The second-order valence-electron chi connectivity index (χ2n) is 6.58. The molecule has 2 aliphatic heterocycles. The number of pyridine rings is 1. The fraction of sp³-hybridized carbons (Fsp3) is 0.353. The SMILES string of the molecule is Cc1cccc(NC(=O)c2cc(Cl)c(C34CCCOC3[S+]([O-])NC(=N)N4)s2)n1. The van der Waals surface area contributed by atoms with E-state index in [9.17, 15) is 9.35 Å². The first-order chi connectivity index (χ1) is 13.4. The van der Waals surface area contributed by atoms with Gasteiger partial charge in [-0.1, -0.05) is 17.7 Å². The fourth-order valence-corrected chi connectivity index (χ4v) is 6.33. The Bertz CT molecular complexity index is 939. The molecule has 8 nitrogen and oxygen atoms in total. The lowest BCUT2D eigenvalue weighted by atomic mass is 9.90. The smallest absolute Gasteiger partial charge is 0.269 e. The zero-order valence-corrected chi connectivity index (χ0v) is 17.3. The van der Waals surface area contributed by atoms with Gasteiger partial charge in [-0.05, 0) is 38.0 Å². The van der Waals surface area contributed by atoms with Gasteiger partial charge in [-0.15, -0.1) is 11.3 Å². The van der Waals surface area contributed by atoms with Gasteiger partial charge in [0.2, 0.25) is 5.96 Å². The molecule has 1 amide bonds. The minimum Gasteiger partial charge on any atom is -0.591 e. The van der Waals surface area contributed by atoms with E-state index in [-0.39, 0.29) is 11.9 Å². The molecule has 0 aromatic carbocycles. The van der Waals surface area contributed by atoms with Crippen LogP contribution in [0.3, 0.4) is 0 Å². The Morgan fingerprint density at radius 2 is 2.39 bits per heavy atom. The van der Waals surface area contributed by atoms with E-state index in [1.165, 1.54) is 11.3 Å². The summed E-state index contributed by atoms with van der Waals surface area (Å²) in [5, 5.41) is 14.2. The van der Waals surface area contributed by atoms with Gasteiger partial charge in [0.25, 0.3) is 11.3 Å². The van der Waals surface area contributed by atoms with Gasteiger partial charge in [0.1, 0.15) is 17.2 Å². The van der Waals surface area contributed by atoms with Gasteiger partial charge in [0, 0.05) is 5.69 Å². The molecule has 2 fully saturated rings. The Morgan fingerprint density at radius 1 is 1.57 bits per heavy atom. The number of rotatable bonds is 3. The molecule has 11 heteroatoms. The molecule has 0 bridgehead atoms. The third kappa shape index (κ3) is 3.46. The molecule has 28 heavy (non-hydrogen) atoms. The normalized spacial score (nSPS) is 26.8. The van der Waals surface area contributed by atoms with Crippen molar-refractivity contribution in [3.8, 4) is 0 Å². The third-order valence-electron chi connectivity index (χ3n) is 4.58. The molecule has 2 saturated heterocycles. The Kier molecular flexibility index (Phi) is 5.23. The monoisotopic (exact) mass is 439 g/mol. The molecule has 0 aliphatic carbocycles. The summed E-state index contributed by atoms with van der Waals surface area (Å²) in [6.07, 6.45) is 1.31. The molecule has 2 aliphatic rings. The summed E-state index contributed by atoms with van der Waals surface area (Å²) in [6.45, 7) is 2.32. The lowest BCUT2D eigenvalue weighted by Gasteiger charge is -2.46. The summed E-state index contributed by atoms with van der Waals surface area (Å²) in [4.78, 5) is 18.0. The number of hydrogen-bond acceptors (Lipinski definition) is 6. The average molecular weight is 440 g/mol. The second-order valence-corrected chi connectivity index (χ2v) is 9.27. The van der Waals surface area contributed by atoms with Crippen LogP contribution in [0, 0.1) is 12.3 Å². The van der Waals surface area contributed by atoms with Crippen LogP contribution in [0.4, 0.5) is 5.82 Å². The van der Waals surface area contributed by atoms with Gasteiger partial charge in [0.05, 0.1) is 21.4 Å². The van der Waals surface area contributed by atoms with Crippen LogP contribution in [-0.4, -0.2) is 33.4 Å². The van der Waals surface area contributed by atoms with Gasteiger partial charge in [-0.3, -0.25) is 10.2 Å². The maximum atomic E-state index is 12.7. The number of anilines is 1. The van der Waals surface area contributed by atoms with E-state index in [2.05, 4.69) is 20.3 Å².